The van der Waals surface area contributed by atoms with Crippen LogP contribution in [0.25, 0.3) is 0 Å². The summed E-state index contributed by atoms with van der Waals surface area (Å²) in [5.74, 6) is 0.176. The Labute approximate surface area is 116 Å². The molecule has 1 aromatic rings. The van der Waals surface area contributed by atoms with Crippen molar-refractivity contribution in [2.45, 2.75) is 40.5 Å². The second kappa shape index (κ2) is 6.71. The molecule has 1 amide bonds. The number of carbonyl (C=O) groups is 1. The Hall–Kier alpha value is -1.35. The molecule has 0 unspecified atom stereocenters. The highest BCUT2D eigenvalue weighted by Crippen LogP contribution is 2.25. The van der Waals surface area contributed by atoms with Crippen molar-refractivity contribution in [3.8, 4) is 0 Å². The summed E-state index contributed by atoms with van der Waals surface area (Å²) in [6, 6.07) is 8.01. The fourth-order valence-electron chi connectivity index (χ4n) is 2.04. The van der Waals surface area contributed by atoms with Gasteiger partial charge < -0.3 is 10.6 Å². The lowest BCUT2D eigenvalue weighted by atomic mass is 9.91. The maximum Gasteiger partial charge on any atom is 0.227 e. The lowest BCUT2D eigenvalue weighted by molar-refractivity contribution is -0.120. The molecule has 3 heteroatoms. The summed E-state index contributed by atoms with van der Waals surface area (Å²) < 4.78 is 0. The second-order valence-electron chi connectivity index (χ2n) is 6.21. The van der Waals surface area contributed by atoms with Crippen molar-refractivity contribution in [3.05, 3.63) is 29.8 Å². The number of nitrogens with zero attached hydrogens (tertiary/aromatic N) is 1. The first-order chi connectivity index (χ1) is 8.85. The van der Waals surface area contributed by atoms with Crippen molar-refractivity contribution in [1.29, 1.82) is 0 Å². The van der Waals surface area contributed by atoms with Crippen LogP contribution in [0.2, 0.25) is 0 Å². The third kappa shape index (κ3) is 5.03. The number of amides is 1. The molecule has 0 bridgehead atoms. The van der Waals surface area contributed by atoms with E-state index < -0.39 is 0 Å². The van der Waals surface area contributed by atoms with Gasteiger partial charge in [-0.2, -0.15) is 0 Å². The van der Waals surface area contributed by atoms with Crippen LogP contribution in [-0.2, 0) is 4.79 Å². The zero-order valence-corrected chi connectivity index (χ0v) is 12.6. The van der Waals surface area contributed by atoms with E-state index >= 15 is 0 Å². The van der Waals surface area contributed by atoms with Crippen LogP contribution < -0.4 is 10.6 Å². The Kier molecular flexibility index (Phi) is 5.55. The summed E-state index contributed by atoms with van der Waals surface area (Å²) in [5, 5.41) is 0. The average molecular weight is 262 g/mol. The third-order valence-electron chi connectivity index (χ3n) is 2.97. The molecule has 0 radical (unpaired) electrons. The number of aryl methyl sites for hydroxylation is 1. The molecule has 1 rings (SSSR count). The molecule has 0 spiro atoms. The van der Waals surface area contributed by atoms with E-state index in [9.17, 15) is 4.79 Å². The van der Waals surface area contributed by atoms with E-state index in [-0.39, 0.29) is 11.3 Å². The topological polar surface area (TPSA) is 46.3 Å². The van der Waals surface area contributed by atoms with Gasteiger partial charge in [0.1, 0.15) is 0 Å². The van der Waals surface area contributed by atoms with Crippen LogP contribution in [0.4, 0.5) is 5.69 Å². The third-order valence-corrected chi connectivity index (χ3v) is 2.97. The van der Waals surface area contributed by atoms with Crippen LogP contribution >= 0.6 is 0 Å². The summed E-state index contributed by atoms with van der Waals surface area (Å²) in [4.78, 5) is 14.4. The number of nitrogens with two attached hydrogens (primary N) is 1. The fourth-order valence-corrected chi connectivity index (χ4v) is 2.04. The monoisotopic (exact) mass is 262 g/mol. The first-order valence-corrected chi connectivity index (χ1v) is 6.91. The molecular formula is C16H26N2O. The predicted octanol–water partition coefficient (Wildman–Crippen LogP) is 3.11. The smallest absolute Gasteiger partial charge is 0.227 e. The Morgan fingerprint density at radius 1 is 1.26 bits per heavy atom. The van der Waals surface area contributed by atoms with Gasteiger partial charge in [-0.3, -0.25) is 4.79 Å². The van der Waals surface area contributed by atoms with Gasteiger partial charge in [0.05, 0.1) is 0 Å². The Bertz CT molecular complexity index is 421. The van der Waals surface area contributed by atoms with Gasteiger partial charge in [-0.15, -0.1) is 0 Å². The zero-order chi connectivity index (χ0) is 14.5. The van der Waals surface area contributed by atoms with Crippen molar-refractivity contribution in [1.82, 2.24) is 0 Å². The molecule has 19 heavy (non-hydrogen) atoms. The van der Waals surface area contributed by atoms with Crippen LogP contribution in [0, 0.1) is 12.3 Å². The quantitative estimate of drug-likeness (QED) is 0.886. The van der Waals surface area contributed by atoms with E-state index in [1.54, 1.807) is 0 Å². The number of carbonyl (C=O) groups excluding carboxylic acids is 1. The Morgan fingerprint density at radius 3 is 2.42 bits per heavy atom. The molecule has 0 aromatic heterocycles. The summed E-state index contributed by atoms with van der Waals surface area (Å²) in [7, 11) is 0. The summed E-state index contributed by atoms with van der Waals surface area (Å²) >= 11 is 0. The first kappa shape index (κ1) is 15.7. The van der Waals surface area contributed by atoms with Crippen molar-refractivity contribution in [2.24, 2.45) is 11.1 Å². The first-order valence-electron chi connectivity index (χ1n) is 6.91. The number of hydrogen-bond donors (Lipinski definition) is 1. The van der Waals surface area contributed by atoms with Crippen LogP contribution in [0.15, 0.2) is 24.3 Å². The van der Waals surface area contributed by atoms with Crippen molar-refractivity contribution >= 4 is 11.6 Å². The van der Waals surface area contributed by atoms with E-state index in [2.05, 4.69) is 20.8 Å². The van der Waals surface area contributed by atoms with E-state index in [0.29, 0.717) is 19.5 Å². The van der Waals surface area contributed by atoms with Gasteiger partial charge in [-0.25, -0.2) is 0 Å². The predicted molar refractivity (Wildman–Crippen MR) is 81.3 cm³/mol. The molecule has 0 fully saturated rings. The highest BCUT2D eigenvalue weighted by atomic mass is 16.2. The SMILES string of the molecule is Cc1ccccc1N(CCCN)C(=O)CC(C)(C)C. The molecule has 0 atom stereocenters. The largest absolute Gasteiger partial charge is 0.330 e. The van der Waals surface area contributed by atoms with Crippen molar-refractivity contribution in [3.63, 3.8) is 0 Å². The van der Waals surface area contributed by atoms with E-state index in [4.69, 9.17) is 5.73 Å². The molecule has 0 aliphatic heterocycles. The summed E-state index contributed by atoms with van der Waals surface area (Å²) in [6.45, 7) is 9.59. The summed E-state index contributed by atoms with van der Waals surface area (Å²) in [5.41, 5.74) is 7.71. The van der Waals surface area contributed by atoms with Gasteiger partial charge in [0.15, 0.2) is 0 Å². The van der Waals surface area contributed by atoms with Gasteiger partial charge in [0, 0.05) is 18.7 Å². The number of hydrogen-bond acceptors (Lipinski definition) is 2. The fraction of sp³-hybridized carbons (Fsp3) is 0.562. The maximum absolute atomic E-state index is 12.5. The Balaban J connectivity index is 2.95. The minimum Gasteiger partial charge on any atom is -0.330 e. The molecule has 0 aliphatic carbocycles. The minimum absolute atomic E-state index is 0.000727. The van der Waals surface area contributed by atoms with Gasteiger partial charge in [0.25, 0.3) is 0 Å². The van der Waals surface area contributed by atoms with Crippen LogP contribution in [0.5, 0.6) is 0 Å². The molecular weight excluding hydrogens is 236 g/mol. The maximum atomic E-state index is 12.5. The molecule has 106 valence electrons. The zero-order valence-electron chi connectivity index (χ0n) is 12.6. The van der Waals surface area contributed by atoms with E-state index in [0.717, 1.165) is 17.7 Å². The molecule has 2 N–H and O–H groups in total. The standard InChI is InChI=1S/C16H26N2O/c1-13-8-5-6-9-14(13)18(11-7-10-17)15(19)12-16(2,3)4/h5-6,8-9H,7,10-12,17H2,1-4H3. The Morgan fingerprint density at radius 2 is 1.89 bits per heavy atom. The average Bonchev–Trinajstić information content (AvgIpc) is 2.29. The van der Waals surface area contributed by atoms with Crippen molar-refractivity contribution in [2.75, 3.05) is 18.0 Å². The molecule has 1 aromatic carbocycles. The molecule has 0 saturated heterocycles. The van der Waals surface area contributed by atoms with Gasteiger partial charge in [-0.05, 0) is 36.9 Å². The highest BCUT2D eigenvalue weighted by molar-refractivity contribution is 5.94. The lowest BCUT2D eigenvalue weighted by Gasteiger charge is -2.28. The van der Waals surface area contributed by atoms with Gasteiger partial charge >= 0.3 is 0 Å². The van der Waals surface area contributed by atoms with Gasteiger partial charge in [0.2, 0.25) is 5.91 Å². The molecule has 0 saturated carbocycles. The lowest BCUT2D eigenvalue weighted by Crippen LogP contribution is -2.35. The van der Waals surface area contributed by atoms with Crippen LogP contribution in [0.3, 0.4) is 0 Å². The molecule has 0 aliphatic rings. The van der Waals surface area contributed by atoms with Gasteiger partial charge in [-0.1, -0.05) is 39.0 Å². The normalized spacial score (nSPS) is 11.4. The minimum atomic E-state index is 0.000727. The number of anilines is 1. The highest BCUT2D eigenvalue weighted by Gasteiger charge is 2.22. The van der Waals surface area contributed by atoms with Crippen molar-refractivity contribution < 1.29 is 4.79 Å². The van der Waals surface area contributed by atoms with E-state index in [1.807, 2.05) is 36.1 Å². The van der Waals surface area contributed by atoms with E-state index in [1.165, 1.54) is 0 Å². The number of benzene rings is 1. The molecule has 0 heterocycles. The van der Waals surface area contributed by atoms with Crippen LogP contribution in [0.1, 0.15) is 39.2 Å². The number of para-hydroxylation sites is 1. The second-order valence-corrected chi connectivity index (χ2v) is 6.21. The van der Waals surface area contributed by atoms with Crippen LogP contribution in [-0.4, -0.2) is 19.0 Å². The summed E-state index contributed by atoms with van der Waals surface area (Å²) in [6.07, 6.45) is 1.37. The molecule has 3 nitrogen and oxygen atoms in total. The number of rotatable bonds is 5.